The van der Waals surface area contributed by atoms with E-state index in [1.54, 1.807) is 11.0 Å². The summed E-state index contributed by atoms with van der Waals surface area (Å²) in [6.07, 6.45) is 0. The maximum absolute atomic E-state index is 11.7. The molecule has 0 aliphatic heterocycles. The van der Waals surface area contributed by atoms with Crippen LogP contribution in [0.3, 0.4) is 0 Å². The lowest BCUT2D eigenvalue weighted by atomic mass is 10.2. The average molecular weight is 252 g/mol. The number of aromatic hydroxyl groups is 2. The van der Waals surface area contributed by atoms with Crippen LogP contribution in [0.2, 0.25) is 0 Å². The minimum absolute atomic E-state index is 0.0583. The van der Waals surface area contributed by atoms with Gasteiger partial charge in [0.05, 0.1) is 6.54 Å². The van der Waals surface area contributed by atoms with Crippen LogP contribution in [0.5, 0.6) is 11.5 Å². The predicted molar refractivity (Wildman–Crippen MR) is 69.4 cm³/mol. The van der Waals surface area contributed by atoms with Gasteiger partial charge in [0, 0.05) is 19.6 Å². The molecule has 0 bridgehead atoms. The lowest BCUT2D eigenvalue weighted by Crippen LogP contribution is -2.37. The highest BCUT2D eigenvalue weighted by molar-refractivity contribution is 5.78. The summed E-state index contributed by atoms with van der Waals surface area (Å²) < 4.78 is 0. The topological polar surface area (TPSA) is 72.8 Å². The second-order valence-corrected chi connectivity index (χ2v) is 3.99. The van der Waals surface area contributed by atoms with Crippen molar-refractivity contribution >= 4 is 5.91 Å². The Kier molecular flexibility index (Phi) is 5.45. The molecule has 0 aliphatic rings. The van der Waals surface area contributed by atoms with Gasteiger partial charge in [0.1, 0.15) is 0 Å². The highest BCUT2D eigenvalue weighted by atomic mass is 16.3. The SMILES string of the molecule is CCN(CC)C(=O)CNCc1ccc(O)c(O)c1. The van der Waals surface area contributed by atoms with Gasteiger partial charge >= 0.3 is 0 Å². The Bertz CT molecular complexity index is 403. The largest absolute Gasteiger partial charge is 0.504 e. The highest BCUT2D eigenvalue weighted by Crippen LogP contribution is 2.24. The Morgan fingerprint density at radius 2 is 1.89 bits per heavy atom. The van der Waals surface area contributed by atoms with E-state index in [1.807, 2.05) is 13.8 Å². The fraction of sp³-hybridized carbons (Fsp3) is 0.462. The number of amides is 1. The van der Waals surface area contributed by atoms with Crippen LogP contribution >= 0.6 is 0 Å². The summed E-state index contributed by atoms with van der Waals surface area (Å²) in [7, 11) is 0. The standard InChI is InChI=1S/C13H20N2O3/c1-3-15(4-2)13(18)9-14-8-10-5-6-11(16)12(17)7-10/h5-7,14,16-17H,3-4,8-9H2,1-2H3. The van der Waals surface area contributed by atoms with Gasteiger partial charge in [-0.15, -0.1) is 0 Å². The number of hydrogen-bond acceptors (Lipinski definition) is 4. The zero-order valence-electron chi connectivity index (χ0n) is 10.8. The van der Waals surface area contributed by atoms with Gasteiger partial charge in [0.15, 0.2) is 11.5 Å². The summed E-state index contributed by atoms with van der Waals surface area (Å²) in [5, 5.41) is 21.5. The number of phenols is 2. The molecule has 1 amide bonds. The average Bonchev–Trinajstić information content (AvgIpc) is 2.35. The number of likely N-dealkylation sites (N-methyl/N-ethyl adjacent to an activating group) is 1. The third-order valence-corrected chi connectivity index (χ3v) is 2.76. The van der Waals surface area contributed by atoms with E-state index >= 15 is 0 Å². The number of benzene rings is 1. The lowest BCUT2D eigenvalue weighted by molar-refractivity contribution is -0.129. The van der Waals surface area contributed by atoms with Gasteiger partial charge in [-0.05, 0) is 31.5 Å². The molecule has 18 heavy (non-hydrogen) atoms. The van der Waals surface area contributed by atoms with Crippen molar-refractivity contribution in [3.63, 3.8) is 0 Å². The summed E-state index contributed by atoms with van der Waals surface area (Å²) in [4.78, 5) is 13.4. The zero-order valence-corrected chi connectivity index (χ0v) is 10.8. The molecule has 0 heterocycles. The number of phenolic OH excluding ortho intramolecular Hbond substituents is 2. The fourth-order valence-corrected chi connectivity index (χ4v) is 1.68. The predicted octanol–water partition coefficient (Wildman–Crippen LogP) is 1.06. The van der Waals surface area contributed by atoms with Crippen LogP contribution in [0.15, 0.2) is 18.2 Å². The van der Waals surface area contributed by atoms with E-state index in [0.717, 1.165) is 5.56 Å². The smallest absolute Gasteiger partial charge is 0.236 e. The number of nitrogens with zero attached hydrogens (tertiary/aromatic N) is 1. The van der Waals surface area contributed by atoms with Crippen molar-refractivity contribution in [2.75, 3.05) is 19.6 Å². The van der Waals surface area contributed by atoms with Crippen LogP contribution in [-0.4, -0.2) is 40.7 Å². The quantitative estimate of drug-likeness (QED) is 0.662. The molecule has 5 heteroatoms. The molecule has 1 aromatic carbocycles. The molecule has 5 nitrogen and oxygen atoms in total. The molecule has 3 N–H and O–H groups in total. The normalized spacial score (nSPS) is 10.3. The molecule has 1 rings (SSSR count). The molecule has 0 fully saturated rings. The summed E-state index contributed by atoms with van der Waals surface area (Å²) in [6.45, 7) is 6.04. The Morgan fingerprint density at radius 1 is 1.22 bits per heavy atom. The second-order valence-electron chi connectivity index (χ2n) is 3.99. The van der Waals surface area contributed by atoms with Crippen molar-refractivity contribution < 1.29 is 15.0 Å². The van der Waals surface area contributed by atoms with Gasteiger partial charge in [-0.2, -0.15) is 0 Å². The maximum atomic E-state index is 11.7. The maximum Gasteiger partial charge on any atom is 0.236 e. The number of rotatable bonds is 6. The van der Waals surface area contributed by atoms with Crippen LogP contribution < -0.4 is 5.32 Å². The summed E-state index contributed by atoms with van der Waals surface area (Å²) in [5.74, 6) is -0.231. The number of nitrogens with one attached hydrogen (secondary N) is 1. The van der Waals surface area contributed by atoms with Crippen molar-refractivity contribution in [2.24, 2.45) is 0 Å². The molecule has 0 radical (unpaired) electrons. The Balaban J connectivity index is 2.41. The van der Waals surface area contributed by atoms with Gasteiger partial charge in [-0.1, -0.05) is 6.07 Å². The fourth-order valence-electron chi connectivity index (χ4n) is 1.68. The van der Waals surface area contributed by atoms with E-state index in [2.05, 4.69) is 5.32 Å². The summed E-state index contributed by atoms with van der Waals surface area (Å²) in [6, 6.07) is 4.60. The highest BCUT2D eigenvalue weighted by Gasteiger charge is 2.08. The van der Waals surface area contributed by atoms with Crippen LogP contribution in [0, 0.1) is 0 Å². The molecular weight excluding hydrogens is 232 g/mol. The van der Waals surface area contributed by atoms with Crippen LogP contribution in [0.25, 0.3) is 0 Å². The summed E-state index contributed by atoms with van der Waals surface area (Å²) >= 11 is 0. The van der Waals surface area contributed by atoms with E-state index in [1.165, 1.54) is 12.1 Å². The number of carbonyl (C=O) groups is 1. The minimum atomic E-state index is -0.149. The molecule has 0 atom stereocenters. The molecule has 0 saturated carbocycles. The Hall–Kier alpha value is -1.75. The van der Waals surface area contributed by atoms with E-state index < -0.39 is 0 Å². The van der Waals surface area contributed by atoms with Crippen molar-refractivity contribution in [1.29, 1.82) is 0 Å². The van der Waals surface area contributed by atoms with Crippen molar-refractivity contribution in [3.05, 3.63) is 23.8 Å². The molecule has 0 spiro atoms. The molecule has 0 aromatic heterocycles. The Morgan fingerprint density at radius 3 is 2.44 bits per heavy atom. The molecular formula is C13H20N2O3. The minimum Gasteiger partial charge on any atom is -0.504 e. The first kappa shape index (κ1) is 14.3. The van der Waals surface area contributed by atoms with Crippen LogP contribution in [0.4, 0.5) is 0 Å². The molecule has 1 aromatic rings. The summed E-state index contributed by atoms with van der Waals surface area (Å²) in [5.41, 5.74) is 0.817. The number of hydrogen-bond donors (Lipinski definition) is 3. The molecule has 100 valence electrons. The lowest BCUT2D eigenvalue weighted by Gasteiger charge is -2.18. The number of carbonyl (C=O) groups excluding carboxylic acids is 1. The van der Waals surface area contributed by atoms with E-state index in [4.69, 9.17) is 5.11 Å². The van der Waals surface area contributed by atoms with Gasteiger partial charge in [0.2, 0.25) is 5.91 Å². The zero-order chi connectivity index (χ0) is 13.5. The molecule has 0 unspecified atom stereocenters. The van der Waals surface area contributed by atoms with Crippen molar-refractivity contribution in [1.82, 2.24) is 10.2 Å². The van der Waals surface area contributed by atoms with E-state index in [9.17, 15) is 9.90 Å². The molecule has 0 saturated heterocycles. The first-order valence-corrected chi connectivity index (χ1v) is 6.07. The van der Waals surface area contributed by atoms with E-state index in [0.29, 0.717) is 19.6 Å². The van der Waals surface area contributed by atoms with Crippen molar-refractivity contribution in [3.8, 4) is 11.5 Å². The van der Waals surface area contributed by atoms with Gasteiger partial charge in [-0.3, -0.25) is 4.79 Å². The monoisotopic (exact) mass is 252 g/mol. The third-order valence-electron chi connectivity index (χ3n) is 2.76. The Labute approximate surface area is 107 Å². The van der Waals surface area contributed by atoms with Gasteiger partial charge in [0.25, 0.3) is 0 Å². The van der Waals surface area contributed by atoms with Crippen LogP contribution in [-0.2, 0) is 11.3 Å². The van der Waals surface area contributed by atoms with Gasteiger partial charge < -0.3 is 20.4 Å². The third kappa shape index (κ3) is 3.92. The van der Waals surface area contributed by atoms with E-state index in [-0.39, 0.29) is 24.0 Å². The second kappa shape index (κ2) is 6.86. The van der Waals surface area contributed by atoms with Crippen molar-refractivity contribution in [2.45, 2.75) is 20.4 Å². The van der Waals surface area contributed by atoms with Crippen LogP contribution in [0.1, 0.15) is 19.4 Å². The molecule has 0 aliphatic carbocycles. The first-order chi connectivity index (χ1) is 8.58. The van der Waals surface area contributed by atoms with Gasteiger partial charge in [-0.25, -0.2) is 0 Å². The first-order valence-electron chi connectivity index (χ1n) is 6.07.